The van der Waals surface area contributed by atoms with Crippen molar-refractivity contribution < 1.29 is 19.0 Å². The number of carbonyl (C=O) groups excluding carboxylic acids is 1. The summed E-state index contributed by atoms with van der Waals surface area (Å²) in [6.07, 6.45) is 4.03. The lowest BCUT2D eigenvalue weighted by Gasteiger charge is -2.23. The second kappa shape index (κ2) is 11.7. The summed E-state index contributed by atoms with van der Waals surface area (Å²) in [5.41, 5.74) is 0.414. The molecule has 12 heteroatoms. The van der Waals surface area contributed by atoms with Gasteiger partial charge in [0.2, 0.25) is 0 Å². The third-order valence-electron chi connectivity index (χ3n) is 7.62. The molecule has 2 aliphatic rings. The van der Waals surface area contributed by atoms with Gasteiger partial charge in [0.25, 0.3) is 0 Å². The first-order chi connectivity index (χ1) is 19.7. The maximum Gasteiger partial charge on any atom is 0.165 e. The van der Waals surface area contributed by atoms with Crippen LogP contribution in [-0.4, -0.2) is 67.3 Å². The molecule has 2 saturated heterocycles. The van der Waals surface area contributed by atoms with Gasteiger partial charge in [-0.05, 0) is 25.5 Å². The highest BCUT2D eigenvalue weighted by atomic mass is 35.5. The van der Waals surface area contributed by atoms with Gasteiger partial charge in [-0.2, -0.15) is 5.26 Å². The second-order valence-corrected chi connectivity index (χ2v) is 11.3. The Labute approximate surface area is 248 Å². The van der Waals surface area contributed by atoms with Crippen LogP contribution in [0.15, 0.2) is 31.0 Å². The molecule has 1 aromatic carbocycles. The number of aromatic nitrogens is 3. The summed E-state index contributed by atoms with van der Waals surface area (Å²) in [4.78, 5) is 28.4. The van der Waals surface area contributed by atoms with Crippen molar-refractivity contribution in [2.75, 3.05) is 50.7 Å². The van der Waals surface area contributed by atoms with Crippen molar-refractivity contribution in [1.29, 1.82) is 5.26 Å². The Kier molecular flexibility index (Phi) is 8.23. The van der Waals surface area contributed by atoms with Crippen LogP contribution < -0.4 is 19.7 Å². The number of allylic oxidation sites excluding steroid dienone is 1. The molecule has 1 unspecified atom stereocenters. The third-order valence-corrected chi connectivity index (χ3v) is 8.38. The molecule has 0 bridgehead atoms. The molecule has 4 heterocycles. The van der Waals surface area contributed by atoms with Crippen LogP contribution in [0.5, 0.6) is 11.5 Å². The van der Waals surface area contributed by atoms with Gasteiger partial charge in [-0.15, -0.1) is 0 Å². The van der Waals surface area contributed by atoms with Gasteiger partial charge in [0.15, 0.2) is 11.6 Å². The molecular formula is C29H30Cl2N6O4. The number of hydrogen-bond acceptors (Lipinski definition) is 10. The first-order valence-electron chi connectivity index (χ1n) is 13.1. The number of rotatable bonds is 9. The molecule has 3 atom stereocenters. The number of anilines is 2. The Morgan fingerprint density at radius 1 is 1.27 bits per heavy atom. The average molecular weight is 598 g/mol. The van der Waals surface area contributed by atoms with Crippen LogP contribution in [-0.2, 0) is 9.53 Å². The molecule has 3 aromatic rings. The number of carbonyl (C=O) groups is 1. The normalized spacial score (nSPS) is 22.0. The van der Waals surface area contributed by atoms with E-state index in [1.54, 1.807) is 12.3 Å². The van der Waals surface area contributed by atoms with Gasteiger partial charge in [0, 0.05) is 36.9 Å². The lowest BCUT2D eigenvalue weighted by molar-refractivity contribution is -0.115. The fourth-order valence-electron chi connectivity index (χ4n) is 5.25. The summed E-state index contributed by atoms with van der Waals surface area (Å²) in [6.45, 7) is 7.58. The van der Waals surface area contributed by atoms with Gasteiger partial charge in [0.05, 0.1) is 72.3 Å². The van der Waals surface area contributed by atoms with E-state index < -0.39 is 5.41 Å². The summed E-state index contributed by atoms with van der Waals surface area (Å²) < 4.78 is 16.6. The number of hydrogen-bond donors (Lipinski definition) is 1. The Bertz CT molecular complexity index is 1530. The van der Waals surface area contributed by atoms with Crippen molar-refractivity contribution in [3.8, 4) is 29.0 Å². The molecule has 214 valence electrons. The van der Waals surface area contributed by atoms with Crippen molar-refractivity contribution in [1.82, 2.24) is 15.0 Å². The summed E-state index contributed by atoms with van der Waals surface area (Å²) in [6, 6.07) is 5.83. The Balaban J connectivity index is 1.61. The predicted octanol–water partition coefficient (Wildman–Crippen LogP) is 5.33. The summed E-state index contributed by atoms with van der Waals surface area (Å²) in [7, 11) is 3.01. The molecule has 2 aliphatic heterocycles. The predicted molar refractivity (Wildman–Crippen MR) is 158 cm³/mol. The van der Waals surface area contributed by atoms with Crippen LogP contribution >= 0.6 is 23.2 Å². The number of fused-ring (bicyclic) bond motifs is 1. The minimum atomic E-state index is -0.522. The standard InChI is InChI=1S/C29H30Cl2N6O4/c1-5-17(38)8-16-12-41-13-20(16)34-23-9-18-19(11-33-23)35-27(36-28(18)37-7-6-29(2,14-32)15-37)24-25(30)21(39-3)10-22(40-4)26(24)31/h5,9-11,16,20H,1,6-8,12-13,15H2,2-4H3,(H,33,34)/t16-,20+,29?/m0/s1. The summed E-state index contributed by atoms with van der Waals surface area (Å²) in [5, 5.41) is 14.5. The third kappa shape index (κ3) is 5.62. The second-order valence-electron chi connectivity index (χ2n) is 10.5. The highest BCUT2D eigenvalue weighted by Crippen LogP contribution is 2.46. The van der Waals surface area contributed by atoms with Crippen LogP contribution in [0, 0.1) is 22.7 Å². The maximum absolute atomic E-state index is 12.0. The number of pyridine rings is 1. The first-order valence-corrected chi connectivity index (χ1v) is 13.9. The van der Waals surface area contributed by atoms with Gasteiger partial charge >= 0.3 is 0 Å². The van der Waals surface area contributed by atoms with E-state index in [9.17, 15) is 10.1 Å². The number of ketones is 1. The lowest BCUT2D eigenvalue weighted by atomic mass is 9.92. The number of nitrogens with one attached hydrogen (secondary N) is 1. The van der Waals surface area contributed by atoms with Crippen molar-refractivity contribution in [3.05, 3.63) is 41.0 Å². The van der Waals surface area contributed by atoms with E-state index in [4.69, 9.17) is 47.4 Å². The highest BCUT2D eigenvalue weighted by molar-refractivity contribution is 6.41. The molecule has 0 spiro atoms. The van der Waals surface area contributed by atoms with E-state index in [1.807, 2.05) is 13.0 Å². The zero-order chi connectivity index (χ0) is 29.3. The minimum absolute atomic E-state index is 0.00154. The van der Waals surface area contributed by atoms with Crippen molar-refractivity contribution in [3.63, 3.8) is 0 Å². The number of nitrogens with zero attached hydrogens (tertiary/aromatic N) is 5. The smallest absolute Gasteiger partial charge is 0.165 e. The van der Waals surface area contributed by atoms with Crippen molar-refractivity contribution >= 4 is 51.5 Å². The Morgan fingerprint density at radius 3 is 2.63 bits per heavy atom. The molecule has 41 heavy (non-hydrogen) atoms. The zero-order valence-corrected chi connectivity index (χ0v) is 24.6. The van der Waals surface area contributed by atoms with Crippen LogP contribution in [0.4, 0.5) is 11.6 Å². The van der Waals surface area contributed by atoms with Crippen LogP contribution in [0.2, 0.25) is 10.0 Å². The SMILES string of the molecule is C=CC(=O)C[C@H]1COC[C@H]1Nc1cc2c(N3CCC(C)(C#N)C3)nc(-c3c(Cl)c(OC)cc(OC)c3Cl)nc2cn1. The van der Waals surface area contributed by atoms with Gasteiger partial charge in [-0.1, -0.05) is 29.8 Å². The fourth-order valence-corrected chi connectivity index (χ4v) is 5.92. The molecule has 0 saturated carbocycles. The van der Waals surface area contributed by atoms with Gasteiger partial charge in [-0.25, -0.2) is 15.0 Å². The molecule has 5 rings (SSSR count). The summed E-state index contributed by atoms with van der Waals surface area (Å²) in [5.74, 6) is 2.22. The largest absolute Gasteiger partial charge is 0.495 e. The van der Waals surface area contributed by atoms with Crippen molar-refractivity contribution in [2.24, 2.45) is 11.3 Å². The molecule has 2 fully saturated rings. The Hall–Kier alpha value is -3.65. The molecule has 0 aliphatic carbocycles. The van der Waals surface area contributed by atoms with E-state index in [2.05, 4.69) is 27.8 Å². The number of ether oxygens (including phenoxy) is 3. The monoisotopic (exact) mass is 596 g/mol. The summed E-state index contributed by atoms with van der Waals surface area (Å²) >= 11 is 13.4. The van der Waals surface area contributed by atoms with Gasteiger partial charge in [0.1, 0.15) is 23.1 Å². The number of nitriles is 1. The van der Waals surface area contributed by atoms with E-state index in [0.29, 0.717) is 73.4 Å². The number of methoxy groups -OCH3 is 2. The molecular weight excluding hydrogens is 567 g/mol. The lowest BCUT2D eigenvalue weighted by Crippen LogP contribution is -2.29. The number of halogens is 2. The van der Waals surface area contributed by atoms with Crippen LogP contribution in [0.25, 0.3) is 22.3 Å². The van der Waals surface area contributed by atoms with E-state index in [-0.39, 0.29) is 33.6 Å². The zero-order valence-electron chi connectivity index (χ0n) is 23.0. The number of benzene rings is 1. The van der Waals surface area contributed by atoms with Gasteiger partial charge in [-0.3, -0.25) is 4.79 Å². The van der Waals surface area contributed by atoms with Crippen LogP contribution in [0.3, 0.4) is 0 Å². The highest BCUT2D eigenvalue weighted by Gasteiger charge is 2.36. The quantitative estimate of drug-likeness (QED) is 0.324. The molecule has 0 radical (unpaired) electrons. The Morgan fingerprint density at radius 2 is 2.00 bits per heavy atom. The van der Waals surface area contributed by atoms with Crippen LogP contribution in [0.1, 0.15) is 19.8 Å². The fraction of sp³-hybridized carbons (Fsp3) is 0.414. The van der Waals surface area contributed by atoms with E-state index in [0.717, 1.165) is 5.39 Å². The van der Waals surface area contributed by atoms with E-state index >= 15 is 0 Å². The molecule has 10 nitrogen and oxygen atoms in total. The molecule has 2 aromatic heterocycles. The maximum atomic E-state index is 12.0. The van der Waals surface area contributed by atoms with Crippen molar-refractivity contribution in [2.45, 2.75) is 25.8 Å². The van der Waals surface area contributed by atoms with Gasteiger partial charge < -0.3 is 24.4 Å². The topological polar surface area (TPSA) is 122 Å². The minimum Gasteiger partial charge on any atom is -0.495 e. The molecule has 0 amide bonds. The molecule has 1 N–H and O–H groups in total. The average Bonchev–Trinajstić information content (AvgIpc) is 3.59. The first kappa shape index (κ1) is 28.9. The van der Waals surface area contributed by atoms with E-state index in [1.165, 1.54) is 20.3 Å².